The Bertz CT molecular complexity index is 307. The van der Waals surface area contributed by atoms with E-state index in [-0.39, 0.29) is 6.42 Å². The molecule has 0 aliphatic rings. The van der Waals surface area contributed by atoms with Gasteiger partial charge in [0.05, 0.1) is 6.42 Å². The van der Waals surface area contributed by atoms with Crippen LogP contribution in [-0.2, 0) is 11.2 Å². The summed E-state index contributed by atoms with van der Waals surface area (Å²) in [6.45, 7) is 1.90. The fraction of sp³-hybridized carbons (Fsp3) is 0.222. The molecule has 0 saturated heterocycles. The summed E-state index contributed by atoms with van der Waals surface area (Å²) in [5.74, 6) is -0.621. The number of carbonyl (C=O) groups excluding carboxylic acids is 1. The summed E-state index contributed by atoms with van der Waals surface area (Å²) in [6.07, 6.45) is 0.107. The van der Waals surface area contributed by atoms with E-state index in [1.165, 1.54) is 0 Å². The SMILES string of the molecule is Cc1ccccc1CC(=O)N=O. The normalized spacial score (nSPS) is 9.42. The number of rotatable bonds is 2. The van der Waals surface area contributed by atoms with Crippen LogP contribution >= 0.6 is 0 Å². The Balaban J connectivity index is 2.82. The molecule has 3 nitrogen and oxygen atoms in total. The molecule has 0 N–H and O–H groups in total. The van der Waals surface area contributed by atoms with E-state index < -0.39 is 5.91 Å². The van der Waals surface area contributed by atoms with Crippen molar-refractivity contribution in [3.63, 3.8) is 0 Å². The number of hydrogen-bond donors (Lipinski definition) is 0. The summed E-state index contributed by atoms with van der Waals surface area (Å²) < 4.78 is 0. The first-order valence-electron chi connectivity index (χ1n) is 3.64. The highest BCUT2D eigenvalue weighted by Gasteiger charge is 2.04. The summed E-state index contributed by atoms with van der Waals surface area (Å²) >= 11 is 0. The number of benzene rings is 1. The van der Waals surface area contributed by atoms with Gasteiger partial charge in [0.1, 0.15) is 0 Å². The van der Waals surface area contributed by atoms with Gasteiger partial charge in [-0.25, -0.2) is 0 Å². The van der Waals surface area contributed by atoms with Gasteiger partial charge in [0.15, 0.2) is 0 Å². The van der Waals surface area contributed by atoms with E-state index >= 15 is 0 Å². The lowest BCUT2D eigenvalue weighted by Gasteiger charge is -1.99. The molecule has 0 unspecified atom stereocenters. The number of hydrogen-bond acceptors (Lipinski definition) is 2. The molecule has 0 atom stereocenters. The zero-order chi connectivity index (χ0) is 8.97. The standard InChI is InChI=1S/C9H9NO2/c1-7-4-2-3-5-8(7)6-9(11)10-12/h2-5H,6H2,1H3. The fourth-order valence-electron chi connectivity index (χ4n) is 1.00. The van der Waals surface area contributed by atoms with Gasteiger partial charge in [-0.05, 0) is 18.1 Å². The average molecular weight is 163 g/mol. The maximum Gasteiger partial charge on any atom is 0.290 e. The third-order valence-corrected chi connectivity index (χ3v) is 1.70. The van der Waals surface area contributed by atoms with Gasteiger partial charge in [0.25, 0.3) is 5.91 Å². The van der Waals surface area contributed by atoms with Crippen molar-refractivity contribution in [1.29, 1.82) is 0 Å². The molecule has 0 aromatic heterocycles. The molecule has 3 heteroatoms. The van der Waals surface area contributed by atoms with Gasteiger partial charge in [-0.2, -0.15) is 0 Å². The van der Waals surface area contributed by atoms with E-state index in [4.69, 9.17) is 0 Å². The third-order valence-electron chi connectivity index (χ3n) is 1.70. The van der Waals surface area contributed by atoms with E-state index in [0.717, 1.165) is 11.1 Å². The molecule has 0 aliphatic carbocycles. The van der Waals surface area contributed by atoms with Gasteiger partial charge < -0.3 is 0 Å². The monoisotopic (exact) mass is 163 g/mol. The summed E-state index contributed by atoms with van der Waals surface area (Å²) in [7, 11) is 0. The Morgan fingerprint density at radius 1 is 1.42 bits per heavy atom. The molecule has 1 amide bonds. The minimum atomic E-state index is -0.621. The molecule has 12 heavy (non-hydrogen) atoms. The average Bonchev–Trinajstić information content (AvgIpc) is 2.09. The van der Waals surface area contributed by atoms with Gasteiger partial charge in [-0.1, -0.05) is 24.3 Å². The summed E-state index contributed by atoms with van der Waals surface area (Å²) in [5, 5.41) is 2.34. The highest BCUT2D eigenvalue weighted by atomic mass is 16.3. The van der Waals surface area contributed by atoms with E-state index in [2.05, 4.69) is 5.18 Å². The number of carbonyl (C=O) groups is 1. The van der Waals surface area contributed by atoms with Crippen LogP contribution in [0.2, 0.25) is 0 Å². The lowest BCUT2D eigenvalue weighted by Crippen LogP contribution is -1.99. The minimum absolute atomic E-state index is 0.107. The Hall–Kier alpha value is -1.51. The molecule has 0 aliphatic heterocycles. The second-order valence-corrected chi connectivity index (χ2v) is 2.59. The Morgan fingerprint density at radius 2 is 2.08 bits per heavy atom. The molecule has 1 rings (SSSR count). The quantitative estimate of drug-likeness (QED) is 0.624. The van der Waals surface area contributed by atoms with Crippen LogP contribution in [0, 0.1) is 11.8 Å². The summed E-state index contributed by atoms with van der Waals surface area (Å²) in [5.41, 5.74) is 1.87. The first-order valence-corrected chi connectivity index (χ1v) is 3.64. The first kappa shape index (κ1) is 8.59. The van der Waals surface area contributed by atoms with Crippen LogP contribution in [0.4, 0.5) is 0 Å². The molecule has 0 saturated carbocycles. The van der Waals surface area contributed by atoms with Crippen LogP contribution in [0.25, 0.3) is 0 Å². The van der Waals surface area contributed by atoms with Crippen molar-refractivity contribution >= 4 is 5.91 Å². The second kappa shape index (κ2) is 3.76. The Morgan fingerprint density at radius 3 is 2.67 bits per heavy atom. The Kier molecular flexibility index (Phi) is 2.69. The van der Waals surface area contributed by atoms with Crippen molar-refractivity contribution in [2.45, 2.75) is 13.3 Å². The van der Waals surface area contributed by atoms with Gasteiger partial charge in [0, 0.05) is 5.18 Å². The summed E-state index contributed by atoms with van der Waals surface area (Å²) in [4.78, 5) is 20.5. The second-order valence-electron chi connectivity index (χ2n) is 2.59. The summed E-state index contributed by atoms with van der Waals surface area (Å²) in [6, 6.07) is 7.43. The van der Waals surface area contributed by atoms with Gasteiger partial charge >= 0.3 is 0 Å². The van der Waals surface area contributed by atoms with Crippen LogP contribution in [0.1, 0.15) is 11.1 Å². The van der Waals surface area contributed by atoms with Crippen molar-refractivity contribution < 1.29 is 4.79 Å². The fourth-order valence-corrected chi connectivity index (χ4v) is 1.00. The van der Waals surface area contributed by atoms with Crippen LogP contribution in [-0.4, -0.2) is 5.91 Å². The molecule has 0 fully saturated rings. The molecule has 0 heterocycles. The van der Waals surface area contributed by atoms with Crippen LogP contribution in [0.5, 0.6) is 0 Å². The van der Waals surface area contributed by atoms with Gasteiger partial charge in [0.2, 0.25) is 0 Å². The topological polar surface area (TPSA) is 46.5 Å². The van der Waals surface area contributed by atoms with Gasteiger partial charge in [-0.3, -0.25) is 4.79 Å². The number of aryl methyl sites for hydroxylation is 1. The van der Waals surface area contributed by atoms with Crippen LogP contribution < -0.4 is 0 Å². The van der Waals surface area contributed by atoms with E-state index in [9.17, 15) is 9.70 Å². The zero-order valence-electron chi connectivity index (χ0n) is 6.78. The van der Waals surface area contributed by atoms with E-state index in [0.29, 0.717) is 0 Å². The van der Waals surface area contributed by atoms with Crippen LogP contribution in [0.15, 0.2) is 29.4 Å². The molecule has 0 bridgehead atoms. The molecule has 62 valence electrons. The maximum atomic E-state index is 10.7. The van der Waals surface area contributed by atoms with Crippen molar-refractivity contribution in [3.8, 4) is 0 Å². The molecular weight excluding hydrogens is 154 g/mol. The number of amides is 1. The van der Waals surface area contributed by atoms with Crippen molar-refractivity contribution in [1.82, 2.24) is 0 Å². The maximum absolute atomic E-state index is 10.7. The van der Waals surface area contributed by atoms with Crippen LogP contribution in [0.3, 0.4) is 0 Å². The lowest BCUT2D eigenvalue weighted by molar-refractivity contribution is -0.117. The Labute approximate surface area is 70.4 Å². The van der Waals surface area contributed by atoms with Crippen molar-refractivity contribution in [2.24, 2.45) is 5.18 Å². The molecular formula is C9H9NO2. The molecule has 0 spiro atoms. The molecule has 1 aromatic carbocycles. The largest absolute Gasteiger partial charge is 0.290 e. The first-order chi connectivity index (χ1) is 5.74. The predicted octanol–water partition coefficient (Wildman–Crippen LogP) is 1.83. The van der Waals surface area contributed by atoms with E-state index in [1.54, 1.807) is 0 Å². The minimum Gasteiger partial charge on any atom is -0.269 e. The van der Waals surface area contributed by atoms with Crippen molar-refractivity contribution in [2.75, 3.05) is 0 Å². The smallest absolute Gasteiger partial charge is 0.269 e. The number of nitroso groups, excluding NO2 is 1. The molecule has 0 radical (unpaired) electrons. The third kappa shape index (κ3) is 1.99. The van der Waals surface area contributed by atoms with E-state index in [1.807, 2.05) is 31.2 Å². The highest BCUT2D eigenvalue weighted by Crippen LogP contribution is 2.07. The lowest BCUT2D eigenvalue weighted by atomic mass is 10.1. The predicted molar refractivity (Wildman–Crippen MR) is 45.7 cm³/mol. The highest BCUT2D eigenvalue weighted by molar-refractivity contribution is 5.79. The number of nitrogens with zero attached hydrogens (tertiary/aromatic N) is 1. The zero-order valence-corrected chi connectivity index (χ0v) is 6.78. The van der Waals surface area contributed by atoms with Crippen molar-refractivity contribution in [3.05, 3.63) is 40.3 Å². The van der Waals surface area contributed by atoms with Gasteiger partial charge in [-0.15, -0.1) is 4.91 Å². The molecule has 1 aromatic rings.